The Balaban J connectivity index is 1.93. The Morgan fingerprint density at radius 1 is 1.35 bits per heavy atom. The Hall–Kier alpha value is -2.10. The molecule has 2 N–H and O–H groups in total. The van der Waals surface area contributed by atoms with Crippen LogP contribution in [0.25, 0.3) is 0 Å². The molecule has 1 aromatic carbocycles. The Morgan fingerprint density at radius 2 is 2.12 bits per heavy atom. The van der Waals surface area contributed by atoms with Crippen LogP contribution < -0.4 is 5.73 Å². The second-order valence-corrected chi connectivity index (χ2v) is 3.91. The van der Waals surface area contributed by atoms with Gasteiger partial charge < -0.3 is 5.73 Å². The molecule has 0 aliphatic rings. The predicted octanol–water partition coefficient (Wildman–Crippen LogP) is 1.37. The first-order valence-electron chi connectivity index (χ1n) is 5.58. The lowest BCUT2D eigenvalue weighted by Gasteiger charge is -2.00. The van der Waals surface area contributed by atoms with E-state index in [1.807, 2.05) is 49.8 Å². The first kappa shape index (κ1) is 11.4. The fraction of sp³-hybridized carbons (Fsp3) is 0.231. The van der Waals surface area contributed by atoms with Gasteiger partial charge in [-0.15, -0.1) is 0 Å². The van der Waals surface area contributed by atoms with Crippen molar-refractivity contribution in [2.45, 2.75) is 6.42 Å². The van der Waals surface area contributed by atoms with Gasteiger partial charge in [0.15, 0.2) is 0 Å². The van der Waals surface area contributed by atoms with E-state index in [9.17, 15) is 0 Å². The van der Waals surface area contributed by atoms with E-state index in [1.54, 1.807) is 4.68 Å². The van der Waals surface area contributed by atoms with Gasteiger partial charge in [-0.05, 0) is 12.0 Å². The van der Waals surface area contributed by atoms with Gasteiger partial charge in [-0.3, -0.25) is 9.67 Å². The highest BCUT2D eigenvalue weighted by molar-refractivity contribution is 5.97. The zero-order chi connectivity index (χ0) is 12.1. The van der Waals surface area contributed by atoms with Crippen LogP contribution in [0.1, 0.15) is 11.1 Å². The Bertz CT molecular complexity index is 499. The first-order valence-corrected chi connectivity index (χ1v) is 5.58. The van der Waals surface area contributed by atoms with Crippen LogP contribution in [-0.2, 0) is 13.5 Å². The smallest absolute Gasteiger partial charge is 0.125 e. The van der Waals surface area contributed by atoms with Gasteiger partial charge >= 0.3 is 0 Å². The largest absolute Gasteiger partial charge is 0.384 e. The molecule has 0 amide bonds. The number of hydrogen-bond donors (Lipinski definition) is 1. The number of benzene rings is 1. The molecule has 0 radical (unpaired) electrons. The molecule has 1 aromatic heterocycles. The van der Waals surface area contributed by atoms with Gasteiger partial charge in [0.05, 0.1) is 6.20 Å². The standard InChI is InChI=1S/C13H16N4/c1-17-10-11(9-16-17)7-8-15-13(14)12-5-3-2-4-6-12/h2-6,9-10H,7-8H2,1H3,(H2,14,15). The third kappa shape index (κ3) is 3.17. The van der Waals surface area contributed by atoms with Crippen LogP contribution in [-0.4, -0.2) is 22.2 Å². The summed E-state index contributed by atoms with van der Waals surface area (Å²) in [6.07, 6.45) is 4.71. The molecule has 4 heteroatoms. The molecule has 0 aliphatic heterocycles. The quantitative estimate of drug-likeness (QED) is 0.634. The van der Waals surface area contributed by atoms with E-state index >= 15 is 0 Å². The lowest BCUT2D eigenvalue weighted by atomic mass is 10.2. The fourth-order valence-electron chi connectivity index (χ4n) is 1.61. The number of aliphatic imine (C=N–C) groups is 1. The average molecular weight is 228 g/mol. The van der Waals surface area contributed by atoms with Crippen molar-refractivity contribution in [1.29, 1.82) is 0 Å². The number of amidine groups is 1. The fourth-order valence-corrected chi connectivity index (χ4v) is 1.61. The Labute approximate surface area is 101 Å². The minimum Gasteiger partial charge on any atom is -0.384 e. The molecular formula is C13H16N4. The Morgan fingerprint density at radius 3 is 2.76 bits per heavy atom. The summed E-state index contributed by atoms with van der Waals surface area (Å²) in [5, 5.41) is 4.11. The molecule has 0 atom stereocenters. The molecule has 0 saturated heterocycles. The highest BCUT2D eigenvalue weighted by Gasteiger charge is 1.97. The van der Waals surface area contributed by atoms with E-state index in [2.05, 4.69) is 10.1 Å². The molecule has 1 heterocycles. The van der Waals surface area contributed by atoms with Crippen LogP contribution in [0.15, 0.2) is 47.7 Å². The topological polar surface area (TPSA) is 56.2 Å². The Kier molecular flexibility index (Phi) is 3.55. The van der Waals surface area contributed by atoms with Crippen molar-refractivity contribution >= 4 is 5.84 Å². The van der Waals surface area contributed by atoms with E-state index in [4.69, 9.17) is 5.73 Å². The van der Waals surface area contributed by atoms with Gasteiger partial charge in [-0.25, -0.2) is 0 Å². The molecule has 88 valence electrons. The minimum absolute atomic E-state index is 0.592. The van der Waals surface area contributed by atoms with Gasteiger partial charge in [0.2, 0.25) is 0 Å². The molecule has 0 fully saturated rings. The van der Waals surface area contributed by atoms with Crippen LogP contribution in [0.5, 0.6) is 0 Å². The zero-order valence-electron chi connectivity index (χ0n) is 9.87. The van der Waals surface area contributed by atoms with Gasteiger partial charge in [-0.2, -0.15) is 5.10 Å². The molecule has 4 nitrogen and oxygen atoms in total. The number of nitrogens with two attached hydrogens (primary N) is 1. The SMILES string of the molecule is Cn1cc(CCN=C(N)c2ccccc2)cn1. The molecular weight excluding hydrogens is 212 g/mol. The van der Waals surface area contributed by atoms with Gasteiger partial charge in [0.1, 0.15) is 5.84 Å². The molecule has 17 heavy (non-hydrogen) atoms. The third-order valence-electron chi connectivity index (χ3n) is 2.51. The summed E-state index contributed by atoms with van der Waals surface area (Å²) < 4.78 is 1.79. The summed E-state index contributed by atoms with van der Waals surface area (Å²) in [5.74, 6) is 0.592. The van der Waals surface area contributed by atoms with E-state index in [-0.39, 0.29) is 0 Å². The summed E-state index contributed by atoms with van der Waals surface area (Å²) in [7, 11) is 1.91. The molecule has 2 rings (SSSR count). The van der Waals surface area contributed by atoms with Crippen molar-refractivity contribution in [2.75, 3.05) is 6.54 Å². The monoisotopic (exact) mass is 228 g/mol. The van der Waals surface area contributed by atoms with Crippen LogP contribution >= 0.6 is 0 Å². The summed E-state index contributed by atoms with van der Waals surface area (Å²) >= 11 is 0. The number of hydrogen-bond acceptors (Lipinski definition) is 2. The second-order valence-electron chi connectivity index (χ2n) is 3.91. The highest BCUT2D eigenvalue weighted by Crippen LogP contribution is 2.00. The summed E-state index contributed by atoms with van der Waals surface area (Å²) in [4.78, 5) is 4.36. The molecule has 2 aromatic rings. The molecule has 0 bridgehead atoms. The normalized spacial score (nSPS) is 11.7. The van der Waals surface area contributed by atoms with Gasteiger partial charge in [0.25, 0.3) is 0 Å². The van der Waals surface area contributed by atoms with Crippen LogP contribution in [0.2, 0.25) is 0 Å². The maximum Gasteiger partial charge on any atom is 0.125 e. The van der Waals surface area contributed by atoms with Gasteiger partial charge in [-0.1, -0.05) is 30.3 Å². The number of nitrogens with zero attached hydrogens (tertiary/aromatic N) is 3. The number of aryl methyl sites for hydroxylation is 1. The predicted molar refractivity (Wildman–Crippen MR) is 68.9 cm³/mol. The second kappa shape index (κ2) is 5.30. The summed E-state index contributed by atoms with van der Waals surface area (Å²) in [6, 6.07) is 9.80. The van der Waals surface area contributed by atoms with Crippen molar-refractivity contribution in [3.8, 4) is 0 Å². The summed E-state index contributed by atoms with van der Waals surface area (Å²) in [5.41, 5.74) is 8.04. The first-order chi connectivity index (χ1) is 8.25. The average Bonchev–Trinajstić information content (AvgIpc) is 2.76. The highest BCUT2D eigenvalue weighted by atomic mass is 15.2. The van der Waals surface area contributed by atoms with Gasteiger partial charge in [0, 0.05) is 25.4 Å². The zero-order valence-corrected chi connectivity index (χ0v) is 9.87. The van der Waals surface area contributed by atoms with E-state index in [0.29, 0.717) is 12.4 Å². The molecule has 0 unspecified atom stereocenters. The van der Waals surface area contributed by atoms with E-state index in [0.717, 1.165) is 12.0 Å². The molecule has 0 aliphatic carbocycles. The number of aromatic nitrogens is 2. The van der Waals surface area contributed by atoms with Crippen molar-refractivity contribution in [2.24, 2.45) is 17.8 Å². The van der Waals surface area contributed by atoms with E-state index < -0.39 is 0 Å². The van der Waals surface area contributed by atoms with Crippen LogP contribution in [0.3, 0.4) is 0 Å². The lowest BCUT2D eigenvalue weighted by molar-refractivity contribution is 0.766. The maximum absolute atomic E-state index is 5.89. The maximum atomic E-state index is 5.89. The van der Waals surface area contributed by atoms with Crippen molar-refractivity contribution in [3.05, 3.63) is 53.9 Å². The van der Waals surface area contributed by atoms with Crippen molar-refractivity contribution in [1.82, 2.24) is 9.78 Å². The van der Waals surface area contributed by atoms with Crippen LogP contribution in [0, 0.1) is 0 Å². The van der Waals surface area contributed by atoms with Crippen molar-refractivity contribution in [3.63, 3.8) is 0 Å². The summed E-state index contributed by atoms with van der Waals surface area (Å²) in [6.45, 7) is 0.687. The molecule has 0 spiro atoms. The number of rotatable bonds is 4. The van der Waals surface area contributed by atoms with Crippen molar-refractivity contribution < 1.29 is 0 Å². The lowest BCUT2D eigenvalue weighted by Crippen LogP contribution is -2.14. The van der Waals surface area contributed by atoms with E-state index in [1.165, 1.54) is 5.56 Å². The van der Waals surface area contributed by atoms with Crippen LogP contribution in [0.4, 0.5) is 0 Å². The minimum atomic E-state index is 0.592. The molecule has 0 saturated carbocycles. The third-order valence-corrected chi connectivity index (χ3v) is 2.51.